The molecule has 2 N–H and O–H groups in total. The Bertz CT molecular complexity index is 507. The fraction of sp³-hybridized carbons (Fsp3) is 0.385. The Hall–Kier alpha value is -1.08. The molecule has 0 bridgehead atoms. The summed E-state index contributed by atoms with van der Waals surface area (Å²) in [5.41, 5.74) is 0. The van der Waals surface area contributed by atoms with Crippen molar-refractivity contribution in [1.82, 2.24) is 5.32 Å². The second kappa shape index (κ2) is 7.64. The summed E-state index contributed by atoms with van der Waals surface area (Å²) in [5, 5.41) is 11.4. The number of ether oxygens (including phenoxy) is 1. The van der Waals surface area contributed by atoms with Gasteiger partial charge < -0.3 is 15.2 Å². The number of carboxylic acids is 1. The van der Waals surface area contributed by atoms with Gasteiger partial charge in [-0.2, -0.15) is 0 Å². The van der Waals surface area contributed by atoms with E-state index in [1.807, 2.05) is 6.07 Å². The topological polar surface area (TPSA) is 75.6 Å². The number of aliphatic carboxylic acids is 1. The SMILES string of the molecule is CC(NC(=O)COc1ccc(Br)cc1Br)C(C)C(=O)O. The summed E-state index contributed by atoms with van der Waals surface area (Å²) < 4.78 is 6.99. The van der Waals surface area contributed by atoms with Gasteiger partial charge in [-0.3, -0.25) is 9.59 Å². The number of hydrogen-bond acceptors (Lipinski definition) is 3. The Balaban J connectivity index is 2.49. The van der Waals surface area contributed by atoms with E-state index in [4.69, 9.17) is 9.84 Å². The van der Waals surface area contributed by atoms with Crippen molar-refractivity contribution in [2.24, 2.45) is 5.92 Å². The number of amides is 1. The van der Waals surface area contributed by atoms with Crippen molar-refractivity contribution in [3.63, 3.8) is 0 Å². The molecule has 1 rings (SSSR count). The zero-order valence-corrected chi connectivity index (χ0v) is 14.2. The number of nitrogens with one attached hydrogen (secondary N) is 1. The van der Waals surface area contributed by atoms with Gasteiger partial charge in [0.15, 0.2) is 6.61 Å². The minimum Gasteiger partial charge on any atom is -0.483 e. The minimum atomic E-state index is -0.950. The van der Waals surface area contributed by atoms with Crippen LogP contribution in [0.2, 0.25) is 0 Å². The molecule has 110 valence electrons. The molecule has 2 atom stereocenters. The number of hydrogen-bond donors (Lipinski definition) is 2. The number of benzene rings is 1. The summed E-state index contributed by atoms with van der Waals surface area (Å²) in [4.78, 5) is 22.5. The van der Waals surface area contributed by atoms with Crippen LogP contribution in [0.25, 0.3) is 0 Å². The minimum absolute atomic E-state index is 0.170. The molecule has 0 fully saturated rings. The number of halogens is 2. The maximum atomic E-state index is 11.7. The van der Waals surface area contributed by atoms with Crippen molar-refractivity contribution >= 4 is 43.7 Å². The zero-order valence-electron chi connectivity index (χ0n) is 11.0. The molecule has 0 spiro atoms. The van der Waals surface area contributed by atoms with E-state index in [0.29, 0.717) is 5.75 Å². The van der Waals surface area contributed by atoms with E-state index < -0.39 is 17.9 Å². The molecular weight excluding hydrogens is 394 g/mol. The normalized spacial score (nSPS) is 13.4. The lowest BCUT2D eigenvalue weighted by atomic mass is 10.0. The summed E-state index contributed by atoms with van der Waals surface area (Å²) in [6.07, 6.45) is 0. The first kappa shape index (κ1) is 17.0. The highest BCUT2D eigenvalue weighted by Crippen LogP contribution is 2.28. The van der Waals surface area contributed by atoms with Crippen LogP contribution in [0.3, 0.4) is 0 Å². The fourth-order valence-electron chi connectivity index (χ4n) is 1.37. The van der Waals surface area contributed by atoms with Crippen LogP contribution in [0.5, 0.6) is 5.75 Å². The van der Waals surface area contributed by atoms with E-state index in [0.717, 1.165) is 8.95 Å². The average Bonchev–Trinajstić information content (AvgIpc) is 2.36. The van der Waals surface area contributed by atoms with E-state index in [-0.39, 0.29) is 12.5 Å². The molecule has 1 aromatic rings. The molecule has 0 aliphatic carbocycles. The molecule has 0 aliphatic rings. The predicted molar refractivity (Wildman–Crippen MR) is 81.7 cm³/mol. The van der Waals surface area contributed by atoms with Gasteiger partial charge in [0.25, 0.3) is 5.91 Å². The molecule has 0 heterocycles. The largest absolute Gasteiger partial charge is 0.483 e. The van der Waals surface area contributed by atoms with Gasteiger partial charge in [0.2, 0.25) is 0 Å². The van der Waals surface area contributed by atoms with Gasteiger partial charge in [-0.1, -0.05) is 15.9 Å². The van der Waals surface area contributed by atoms with Crippen LogP contribution in [-0.2, 0) is 9.59 Å². The van der Waals surface area contributed by atoms with Crippen LogP contribution >= 0.6 is 31.9 Å². The van der Waals surface area contributed by atoms with Gasteiger partial charge in [-0.15, -0.1) is 0 Å². The summed E-state index contributed by atoms with van der Waals surface area (Å²) in [6, 6.07) is 4.87. The van der Waals surface area contributed by atoms with Gasteiger partial charge in [-0.05, 0) is 48.0 Å². The highest BCUT2D eigenvalue weighted by Gasteiger charge is 2.21. The Morgan fingerprint density at radius 3 is 2.55 bits per heavy atom. The maximum Gasteiger partial charge on any atom is 0.308 e. The molecule has 0 saturated carbocycles. The Morgan fingerprint density at radius 1 is 1.35 bits per heavy atom. The van der Waals surface area contributed by atoms with Gasteiger partial charge in [0.1, 0.15) is 5.75 Å². The molecule has 1 aromatic carbocycles. The third-order valence-corrected chi connectivity index (χ3v) is 3.89. The van der Waals surface area contributed by atoms with E-state index in [2.05, 4.69) is 37.2 Å². The molecule has 5 nitrogen and oxygen atoms in total. The number of carbonyl (C=O) groups is 2. The monoisotopic (exact) mass is 407 g/mol. The third kappa shape index (κ3) is 5.13. The molecule has 7 heteroatoms. The first-order valence-corrected chi connectivity index (χ1v) is 7.50. The second-order valence-electron chi connectivity index (χ2n) is 4.35. The lowest BCUT2D eigenvalue weighted by Crippen LogP contribution is -2.42. The number of carbonyl (C=O) groups excluding carboxylic acids is 1. The van der Waals surface area contributed by atoms with Gasteiger partial charge >= 0.3 is 5.97 Å². The molecule has 0 aromatic heterocycles. The first-order chi connectivity index (χ1) is 9.31. The second-order valence-corrected chi connectivity index (χ2v) is 6.12. The summed E-state index contributed by atoms with van der Waals surface area (Å²) in [7, 11) is 0. The molecule has 2 unspecified atom stereocenters. The van der Waals surface area contributed by atoms with Crippen molar-refractivity contribution in [2.45, 2.75) is 19.9 Å². The average molecular weight is 409 g/mol. The van der Waals surface area contributed by atoms with Crippen molar-refractivity contribution in [2.75, 3.05) is 6.61 Å². The van der Waals surface area contributed by atoms with Crippen molar-refractivity contribution in [3.05, 3.63) is 27.1 Å². The van der Waals surface area contributed by atoms with Crippen LogP contribution in [0.4, 0.5) is 0 Å². The highest BCUT2D eigenvalue weighted by molar-refractivity contribution is 9.11. The van der Waals surface area contributed by atoms with Crippen LogP contribution < -0.4 is 10.1 Å². The van der Waals surface area contributed by atoms with E-state index >= 15 is 0 Å². The molecule has 1 amide bonds. The Labute approximate surface area is 134 Å². The summed E-state index contributed by atoms with van der Waals surface area (Å²) >= 11 is 6.64. The van der Waals surface area contributed by atoms with E-state index in [9.17, 15) is 9.59 Å². The van der Waals surface area contributed by atoms with Gasteiger partial charge in [-0.25, -0.2) is 0 Å². The molecular formula is C13H15Br2NO4. The number of rotatable bonds is 6. The van der Waals surface area contributed by atoms with Crippen molar-refractivity contribution < 1.29 is 19.4 Å². The van der Waals surface area contributed by atoms with Crippen LogP contribution in [0.1, 0.15) is 13.8 Å². The standard InChI is InChI=1S/C13H15Br2NO4/c1-7(13(18)19)8(2)16-12(17)6-20-11-4-3-9(14)5-10(11)15/h3-5,7-8H,6H2,1-2H3,(H,16,17)(H,18,19). The molecule has 20 heavy (non-hydrogen) atoms. The lowest BCUT2D eigenvalue weighted by molar-refractivity contribution is -0.142. The summed E-state index contributed by atoms with van der Waals surface area (Å²) in [6.45, 7) is 3.02. The smallest absolute Gasteiger partial charge is 0.308 e. The first-order valence-electron chi connectivity index (χ1n) is 5.91. The Morgan fingerprint density at radius 2 is 2.00 bits per heavy atom. The van der Waals surface area contributed by atoms with Crippen LogP contribution in [0, 0.1) is 5.92 Å². The predicted octanol–water partition coefficient (Wildman–Crippen LogP) is 2.82. The van der Waals surface area contributed by atoms with Crippen LogP contribution in [0.15, 0.2) is 27.1 Å². The zero-order chi connectivity index (χ0) is 15.3. The lowest BCUT2D eigenvalue weighted by Gasteiger charge is -2.18. The van der Waals surface area contributed by atoms with Gasteiger partial charge in [0, 0.05) is 10.5 Å². The van der Waals surface area contributed by atoms with Crippen molar-refractivity contribution in [3.8, 4) is 5.75 Å². The van der Waals surface area contributed by atoms with Gasteiger partial charge in [0.05, 0.1) is 10.4 Å². The number of carboxylic acid groups (broad SMARTS) is 1. The quantitative estimate of drug-likeness (QED) is 0.758. The maximum absolute atomic E-state index is 11.7. The van der Waals surface area contributed by atoms with Crippen LogP contribution in [-0.4, -0.2) is 29.6 Å². The molecule has 0 aliphatic heterocycles. The highest BCUT2D eigenvalue weighted by atomic mass is 79.9. The molecule has 0 saturated heterocycles. The summed E-state index contributed by atoms with van der Waals surface area (Å²) in [5.74, 6) is -1.42. The van der Waals surface area contributed by atoms with E-state index in [1.165, 1.54) is 0 Å². The van der Waals surface area contributed by atoms with E-state index in [1.54, 1.807) is 26.0 Å². The molecule has 0 radical (unpaired) electrons. The Kier molecular flexibility index (Phi) is 6.48. The fourth-order valence-corrected chi connectivity index (χ4v) is 2.53. The van der Waals surface area contributed by atoms with Crippen molar-refractivity contribution in [1.29, 1.82) is 0 Å². The third-order valence-electron chi connectivity index (χ3n) is 2.78.